The number of rotatable bonds is 2. The highest BCUT2D eigenvalue weighted by molar-refractivity contribution is 4.88. The molecule has 3 atom stereocenters. The zero-order valence-corrected chi connectivity index (χ0v) is 8.53. The summed E-state index contributed by atoms with van der Waals surface area (Å²) >= 11 is 0. The Kier molecular flexibility index (Phi) is 4.70. The summed E-state index contributed by atoms with van der Waals surface area (Å²) in [4.78, 5) is 0. The minimum Gasteiger partial charge on any atom is -0.390 e. The quantitative estimate of drug-likeness (QED) is 0.710. The van der Waals surface area contributed by atoms with Crippen LogP contribution < -0.4 is 0 Å². The molecule has 0 aromatic heterocycles. The number of aliphatic hydroxyl groups excluding tert-OH is 1. The van der Waals surface area contributed by atoms with E-state index >= 15 is 0 Å². The lowest BCUT2D eigenvalue weighted by molar-refractivity contribution is 0.0536. The number of aliphatic hydroxyl groups is 1. The SMILES string of the molecule is CCOCC.OC1CC2CCC1O2. The number of hydrogen-bond donors (Lipinski definition) is 1. The van der Waals surface area contributed by atoms with Gasteiger partial charge in [0.2, 0.25) is 0 Å². The molecule has 2 aliphatic heterocycles. The van der Waals surface area contributed by atoms with Gasteiger partial charge in [0.15, 0.2) is 0 Å². The second-order valence-electron chi connectivity index (χ2n) is 3.46. The minimum atomic E-state index is -0.145. The van der Waals surface area contributed by atoms with E-state index in [4.69, 9.17) is 14.6 Å². The zero-order chi connectivity index (χ0) is 9.68. The average Bonchev–Trinajstić information content (AvgIpc) is 2.67. The van der Waals surface area contributed by atoms with Gasteiger partial charge in [-0.05, 0) is 26.7 Å². The highest BCUT2D eigenvalue weighted by Crippen LogP contribution is 2.33. The van der Waals surface area contributed by atoms with E-state index in [1.165, 1.54) is 6.42 Å². The van der Waals surface area contributed by atoms with Gasteiger partial charge in [-0.15, -0.1) is 0 Å². The van der Waals surface area contributed by atoms with Crippen LogP contribution in [0.15, 0.2) is 0 Å². The zero-order valence-electron chi connectivity index (χ0n) is 8.53. The minimum absolute atomic E-state index is 0.145. The molecular weight excluding hydrogens is 168 g/mol. The summed E-state index contributed by atoms with van der Waals surface area (Å²) in [7, 11) is 0. The van der Waals surface area contributed by atoms with Crippen LogP contribution >= 0.6 is 0 Å². The van der Waals surface area contributed by atoms with Crippen LogP contribution in [0.4, 0.5) is 0 Å². The number of ether oxygens (including phenoxy) is 2. The van der Waals surface area contributed by atoms with Crippen molar-refractivity contribution < 1.29 is 14.6 Å². The Morgan fingerprint density at radius 1 is 1.31 bits per heavy atom. The molecule has 78 valence electrons. The molecule has 2 aliphatic rings. The van der Waals surface area contributed by atoms with Crippen LogP contribution in [0.1, 0.15) is 33.1 Å². The van der Waals surface area contributed by atoms with Crippen LogP contribution in [-0.4, -0.2) is 36.6 Å². The van der Waals surface area contributed by atoms with Crippen molar-refractivity contribution in [2.75, 3.05) is 13.2 Å². The fourth-order valence-electron chi connectivity index (χ4n) is 1.82. The number of fused-ring (bicyclic) bond motifs is 2. The molecule has 1 N–H and O–H groups in total. The first-order chi connectivity index (χ1) is 6.27. The van der Waals surface area contributed by atoms with Crippen molar-refractivity contribution in [3.05, 3.63) is 0 Å². The standard InChI is InChI=1S/C6H10O2.C4H10O/c7-5-3-4-1-2-6(5)8-4;1-3-5-4-2/h4-7H,1-3H2;3-4H2,1-2H3. The average molecular weight is 188 g/mol. The van der Waals surface area contributed by atoms with Crippen LogP contribution in [-0.2, 0) is 9.47 Å². The lowest BCUT2D eigenvalue weighted by Gasteiger charge is -2.10. The largest absolute Gasteiger partial charge is 0.390 e. The molecule has 3 heteroatoms. The van der Waals surface area contributed by atoms with E-state index < -0.39 is 0 Å². The lowest BCUT2D eigenvalue weighted by Crippen LogP contribution is -2.20. The number of hydrogen-bond acceptors (Lipinski definition) is 3. The molecule has 0 amide bonds. The molecule has 0 aliphatic carbocycles. The smallest absolute Gasteiger partial charge is 0.0839 e. The summed E-state index contributed by atoms with van der Waals surface area (Å²) in [5, 5.41) is 9.09. The maximum absolute atomic E-state index is 9.09. The van der Waals surface area contributed by atoms with Gasteiger partial charge < -0.3 is 14.6 Å². The Morgan fingerprint density at radius 3 is 2.15 bits per heavy atom. The Morgan fingerprint density at radius 2 is 2.00 bits per heavy atom. The Balaban J connectivity index is 0.000000149. The molecule has 0 aromatic carbocycles. The molecule has 0 spiro atoms. The molecule has 2 rings (SSSR count). The molecule has 0 radical (unpaired) electrons. The van der Waals surface area contributed by atoms with Gasteiger partial charge >= 0.3 is 0 Å². The van der Waals surface area contributed by atoms with Crippen LogP contribution in [0.3, 0.4) is 0 Å². The van der Waals surface area contributed by atoms with Crippen molar-refractivity contribution in [2.45, 2.75) is 51.4 Å². The summed E-state index contributed by atoms with van der Waals surface area (Å²) in [5.41, 5.74) is 0. The third kappa shape index (κ3) is 3.25. The summed E-state index contributed by atoms with van der Waals surface area (Å²) in [5.74, 6) is 0. The third-order valence-electron chi connectivity index (χ3n) is 2.48. The second-order valence-corrected chi connectivity index (χ2v) is 3.46. The van der Waals surface area contributed by atoms with Gasteiger partial charge in [-0.25, -0.2) is 0 Å². The van der Waals surface area contributed by atoms with Crippen LogP contribution in [0.25, 0.3) is 0 Å². The topological polar surface area (TPSA) is 38.7 Å². The Labute approximate surface area is 80.0 Å². The molecule has 2 fully saturated rings. The van der Waals surface area contributed by atoms with Gasteiger partial charge in [0.1, 0.15) is 0 Å². The molecular formula is C10H20O3. The summed E-state index contributed by atoms with van der Waals surface area (Å²) in [6.07, 6.45) is 3.57. The third-order valence-corrected chi connectivity index (χ3v) is 2.48. The van der Waals surface area contributed by atoms with Gasteiger partial charge in [0.05, 0.1) is 18.3 Å². The molecule has 3 nitrogen and oxygen atoms in total. The van der Waals surface area contributed by atoms with E-state index in [2.05, 4.69) is 0 Å². The maximum atomic E-state index is 9.09. The van der Waals surface area contributed by atoms with Crippen molar-refractivity contribution >= 4 is 0 Å². The van der Waals surface area contributed by atoms with Crippen molar-refractivity contribution in [2.24, 2.45) is 0 Å². The maximum Gasteiger partial charge on any atom is 0.0839 e. The van der Waals surface area contributed by atoms with E-state index in [9.17, 15) is 0 Å². The van der Waals surface area contributed by atoms with E-state index in [1.54, 1.807) is 0 Å². The van der Waals surface area contributed by atoms with Crippen LogP contribution in [0.2, 0.25) is 0 Å². The predicted molar refractivity (Wildman–Crippen MR) is 50.7 cm³/mol. The molecule has 0 saturated carbocycles. The first-order valence-corrected chi connectivity index (χ1v) is 5.19. The van der Waals surface area contributed by atoms with Gasteiger partial charge in [-0.2, -0.15) is 0 Å². The molecule has 3 unspecified atom stereocenters. The molecule has 0 aromatic rings. The van der Waals surface area contributed by atoms with E-state index in [-0.39, 0.29) is 12.2 Å². The first-order valence-electron chi connectivity index (χ1n) is 5.19. The van der Waals surface area contributed by atoms with Crippen molar-refractivity contribution in [1.29, 1.82) is 0 Å². The molecule has 2 bridgehead atoms. The predicted octanol–water partition coefficient (Wildman–Crippen LogP) is 1.34. The van der Waals surface area contributed by atoms with Gasteiger partial charge in [0.25, 0.3) is 0 Å². The van der Waals surface area contributed by atoms with Crippen LogP contribution in [0.5, 0.6) is 0 Å². The van der Waals surface area contributed by atoms with Crippen molar-refractivity contribution in [3.63, 3.8) is 0 Å². The van der Waals surface area contributed by atoms with E-state index in [1.807, 2.05) is 13.8 Å². The fraction of sp³-hybridized carbons (Fsp3) is 1.00. The summed E-state index contributed by atoms with van der Waals surface area (Å²) < 4.78 is 10.2. The summed E-state index contributed by atoms with van der Waals surface area (Å²) in [6.45, 7) is 5.67. The van der Waals surface area contributed by atoms with Gasteiger partial charge in [0, 0.05) is 19.6 Å². The Bertz CT molecular complexity index is 134. The normalized spacial score (nSPS) is 35.8. The van der Waals surface area contributed by atoms with Crippen molar-refractivity contribution in [3.8, 4) is 0 Å². The molecule has 13 heavy (non-hydrogen) atoms. The Hall–Kier alpha value is -0.120. The molecule has 2 heterocycles. The van der Waals surface area contributed by atoms with E-state index in [0.717, 1.165) is 26.1 Å². The van der Waals surface area contributed by atoms with E-state index in [0.29, 0.717) is 6.10 Å². The van der Waals surface area contributed by atoms with Crippen molar-refractivity contribution in [1.82, 2.24) is 0 Å². The van der Waals surface area contributed by atoms with Gasteiger partial charge in [-0.3, -0.25) is 0 Å². The first kappa shape index (κ1) is 11.0. The lowest BCUT2D eigenvalue weighted by atomic mass is 9.98. The molecule has 2 saturated heterocycles. The monoisotopic (exact) mass is 188 g/mol. The highest BCUT2D eigenvalue weighted by Gasteiger charge is 2.39. The summed E-state index contributed by atoms with van der Waals surface area (Å²) in [6, 6.07) is 0. The highest BCUT2D eigenvalue weighted by atomic mass is 16.5. The fourth-order valence-corrected chi connectivity index (χ4v) is 1.82. The second kappa shape index (κ2) is 5.58. The van der Waals surface area contributed by atoms with Crippen LogP contribution in [0, 0.1) is 0 Å². The van der Waals surface area contributed by atoms with Gasteiger partial charge in [-0.1, -0.05) is 0 Å².